The lowest BCUT2D eigenvalue weighted by atomic mass is 9.87. The van der Waals surface area contributed by atoms with Gasteiger partial charge in [-0.15, -0.1) is 0 Å². The van der Waals surface area contributed by atoms with Crippen LogP contribution in [-0.4, -0.2) is 27.0 Å². The minimum absolute atomic E-state index is 0.156. The number of aromatic nitrogens is 3. The molecule has 1 amide bonds. The summed E-state index contributed by atoms with van der Waals surface area (Å²) in [6.45, 7) is 2.97. The summed E-state index contributed by atoms with van der Waals surface area (Å²) < 4.78 is 1.61. The molecule has 0 aromatic carbocycles. The maximum atomic E-state index is 13.1. The number of carbonyl (C=O) groups is 1. The van der Waals surface area contributed by atoms with Gasteiger partial charge in [-0.25, -0.2) is 9.97 Å². The van der Waals surface area contributed by atoms with Crippen molar-refractivity contribution in [1.82, 2.24) is 19.9 Å². The highest BCUT2D eigenvalue weighted by Gasteiger charge is 2.30. The van der Waals surface area contributed by atoms with Crippen molar-refractivity contribution in [3.63, 3.8) is 0 Å². The molecule has 31 heavy (non-hydrogen) atoms. The van der Waals surface area contributed by atoms with Gasteiger partial charge in [0.05, 0.1) is 0 Å². The summed E-state index contributed by atoms with van der Waals surface area (Å²) in [6, 6.07) is 3.08. The van der Waals surface area contributed by atoms with E-state index in [1.54, 1.807) is 16.8 Å². The molecular weight excluding hydrogens is 392 g/mol. The van der Waals surface area contributed by atoms with Crippen molar-refractivity contribution in [3.05, 3.63) is 45.6 Å². The van der Waals surface area contributed by atoms with Crippen LogP contribution in [0.2, 0.25) is 0 Å². The summed E-state index contributed by atoms with van der Waals surface area (Å²) in [5, 5.41) is 6.18. The van der Waals surface area contributed by atoms with E-state index in [4.69, 9.17) is 5.73 Å². The second-order valence-corrected chi connectivity index (χ2v) is 8.75. The van der Waals surface area contributed by atoms with Crippen molar-refractivity contribution < 1.29 is 4.79 Å². The average Bonchev–Trinajstić information content (AvgIpc) is 3.20. The molecule has 0 spiro atoms. The number of nitrogen functional groups attached to an aromatic ring is 1. The van der Waals surface area contributed by atoms with Gasteiger partial charge in [-0.3, -0.25) is 14.2 Å². The number of hydrogen-bond donors (Lipinski definition) is 3. The van der Waals surface area contributed by atoms with Crippen LogP contribution in [0.15, 0.2) is 23.1 Å². The van der Waals surface area contributed by atoms with Gasteiger partial charge in [0, 0.05) is 30.7 Å². The molecule has 2 aliphatic rings. The van der Waals surface area contributed by atoms with E-state index in [2.05, 4.69) is 20.6 Å². The molecule has 1 saturated carbocycles. The number of anilines is 2. The van der Waals surface area contributed by atoms with E-state index in [0.29, 0.717) is 31.0 Å². The highest BCUT2D eigenvalue weighted by Crippen LogP contribution is 2.27. The standard InChI is InChI=1S/C23H32N6O2/c1-15-17(7-10-20(24)28-15)13-27-22(30)19-9-8-18-14-26-21(23(31)29(18)19)25-12-11-16-5-3-2-4-6-16/h7,10,14,16,19H,2-6,8-9,11-13H2,1H3,(H2,24,28)(H,25,26)(H,27,30). The topological polar surface area (TPSA) is 115 Å². The number of pyridine rings is 1. The monoisotopic (exact) mass is 424 g/mol. The second-order valence-electron chi connectivity index (χ2n) is 8.75. The molecule has 8 heteroatoms. The number of nitrogens with two attached hydrogens (primary N) is 1. The summed E-state index contributed by atoms with van der Waals surface area (Å²) >= 11 is 0. The Morgan fingerprint density at radius 2 is 2.03 bits per heavy atom. The van der Waals surface area contributed by atoms with Crippen molar-refractivity contribution in [1.29, 1.82) is 0 Å². The quantitative estimate of drug-likeness (QED) is 0.630. The summed E-state index contributed by atoms with van der Waals surface area (Å²) in [5.41, 5.74) is 8.00. The Morgan fingerprint density at radius 3 is 2.81 bits per heavy atom. The zero-order valence-corrected chi connectivity index (χ0v) is 18.2. The van der Waals surface area contributed by atoms with Crippen LogP contribution in [0.3, 0.4) is 0 Å². The van der Waals surface area contributed by atoms with E-state index in [1.165, 1.54) is 32.1 Å². The van der Waals surface area contributed by atoms with E-state index < -0.39 is 6.04 Å². The van der Waals surface area contributed by atoms with Crippen LogP contribution >= 0.6 is 0 Å². The summed E-state index contributed by atoms with van der Waals surface area (Å²) in [7, 11) is 0. The van der Waals surface area contributed by atoms with Gasteiger partial charge in [-0.2, -0.15) is 0 Å². The Labute approximate surface area is 182 Å². The molecule has 1 unspecified atom stereocenters. The molecule has 1 atom stereocenters. The van der Waals surface area contributed by atoms with Gasteiger partial charge < -0.3 is 16.4 Å². The number of fused-ring (bicyclic) bond motifs is 1. The highest BCUT2D eigenvalue weighted by molar-refractivity contribution is 5.81. The molecule has 3 heterocycles. The predicted molar refractivity (Wildman–Crippen MR) is 121 cm³/mol. The van der Waals surface area contributed by atoms with Crippen molar-refractivity contribution >= 4 is 17.5 Å². The van der Waals surface area contributed by atoms with Crippen molar-refractivity contribution in [3.8, 4) is 0 Å². The number of carbonyl (C=O) groups excluding carboxylic acids is 1. The first kappa shape index (κ1) is 21.3. The lowest BCUT2D eigenvalue weighted by Crippen LogP contribution is -2.36. The molecule has 0 saturated heterocycles. The van der Waals surface area contributed by atoms with Crippen LogP contribution in [0.5, 0.6) is 0 Å². The number of amides is 1. The number of aryl methyl sites for hydroxylation is 2. The van der Waals surface area contributed by atoms with Crippen LogP contribution < -0.4 is 21.9 Å². The van der Waals surface area contributed by atoms with Crippen LogP contribution in [0.4, 0.5) is 11.6 Å². The summed E-state index contributed by atoms with van der Waals surface area (Å²) in [6.07, 6.45) is 10.6. The molecule has 166 valence electrons. The SMILES string of the molecule is Cc1nc(N)ccc1CNC(=O)C1CCc2cnc(NCCC3CCCCC3)c(=O)n21. The van der Waals surface area contributed by atoms with E-state index >= 15 is 0 Å². The minimum atomic E-state index is -0.508. The zero-order valence-electron chi connectivity index (χ0n) is 18.2. The molecule has 2 aromatic rings. The largest absolute Gasteiger partial charge is 0.384 e. The zero-order chi connectivity index (χ0) is 21.8. The fourth-order valence-electron chi connectivity index (χ4n) is 4.78. The first-order chi connectivity index (χ1) is 15.0. The molecular formula is C23H32N6O2. The Kier molecular flexibility index (Phi) is 6.53. The maximum Gasteiger partial charge on any atom is 0.294 e. The first-order valence-corrected chi connectivity index (χ1v) is 11.4. The van der Waals surface area contributed by atoms with Crippen molar-refractivity contribution in [2.45, 2.75) is 70.9 Å². The molecule has 8 nitrogen and oxygen atoms in total. The smallest absolute Gasteiger partial charge is 0.294 e. The van der Waals surface area contributed by atoms with Crippen LogP contribution in [0.1, 0.15) is 67.9 Å². The lowest BCUT2D eigenvalue weighted by molar-refractivity contribution is -0.124. The Morgan fingerprint density at radius 1 is 1.23 bits per heavy atom. The van der Waals surface area contributed by atoms with Gasteiger partial charge in [0.2, 0.25) is 5.91 Å². The molecule has 0 radical (unpaired) electrons. The summed E-state index contributed by atoms with van der Waals surface area (Å²) in [5.74, 6) is 1.39. The normalized spacial score (nSPS) is 18.5. The molecule has 1 fully saturated rings. The second kappa shape index (κ2) is 9.49. The van der Waals surface area contributed by atoms with Gasteiger partial charge in [-0.1, -0.05) is 38.2 Å². The lowest BCUT2D eigenvalue weighted by Gasteiger charge is -2.21. The van der Waals surface area contributed by atoms with E-state index in [0.717, 1.165) is 35.8 Å². The van der Waals surface area contributed by atoms with Gasteiger partial charge >= 0.3 is 0 Å². The third-order valence-corrected chi connectivity index (χ3v) is 6.60. The third kappa shape index (κ3) is 4.89. The highest BCUT2D eigenvalue weighted by atomic mass is 16.2. The van der Waals surface area contributed by atoms with E-state index in [9.17, 15) is 9.59 Å². The van der Waals surface area contributed by atoms with Crippen LogP contribution in [0, 0.1) is 12.8 Å². The molecule has 1 aliphatic heterocycles. The number of rotatable bonds is 7. The minimum Gasteiger partial charge on any atom is -0.384 e. The van der Waals surface area contributed by atoms with E-state index in [-0.39, 0.29) is 11.5 Å². The molecule has 0 bridgehead atoms. The van der Waals surface area contributed by atoms with Gasteiger partial charge in [-0.05, 0) is 43.7 Å². The molecule has 4 rings (SSSR count). The van der Waals surface area contributed by atoms with Crippen molar-refractivity contribution in [2.75, 3.05) is 17.6 Å². The Bertz CT molecular complexity index is 996. The van der Waals surface area contributed by atoms with Gasteiger partial charge in [0.25, 0.3) is 5.56 Å². The number of nitrogens with zero attached hydrogens (tertiary/aromatic N) is 3. The maximum absolute atomic E-state index is 13.1. The van der Waals surface area contributed by atoms with Crippen molar-refractivity contribution in [2.24, 2.45) is 5.92 Å². The number of hydrogen-bond acceptors (Lipinski definition) is 6. The fraction of sp³-hybridized carbons (Fsp3) is 0.565. The Balaban J connectivity index is 1.40. The molecule has 4 N–H and O–H groups in total. The molecule has 2 aromatic heterocycles. The average molecular weight is 425 g/mol. The number of nitrogens with one attached hydrogen (secondary N) is 2. The van der Waals surface area contributed by atoms with Crippen LogP contribution in [0.25, 0.3) is 0 Å². The molecule has 1 aliphatic carbocycles. The predicted octanol–water partition coefficient (Wildman–Crippen LogP) is 2.71. The van der Waals surface area contributed by atoms with Gasteiger partial charge in [0.15, 0.2) is 5.82 Å². The fourth-order valence-corrected chi connectivity index (χ4v) is 4.78. The first-order valence-electron chi connectivity index (χ1n) is 11.4. The summed E-state index contributed by atoms with van der Waals surface area (Å²) in [4.78, 5) is 34.5. The van der Waals surface area contributed by atoms with Gasteiger partial charge in [0.1, 0.15) is 11.9 Å². The van der Waals surface area contributed by atoms with E-state index in [1.807, 2.05) is 13.0 Å². The third-order valence-electron chi connectivity index (χ3n) is 6.60. The Hall–Kier alpha value is -2.90. The van der Waals surface area contributed by atoms with Crippen LogP contribution in [-0.2, 0) is 17.8 Å².